The van der Waals surface area contributed by atoms with E-state index in [-0.39, 0.29) is 11.6 Å². The molecule has 1 N–H and O–H groups in total. The lowest BCUT2D eigenvalue weighted by Crippen LogP contribution is -2.49. The van der Waals surface area contributed by atoms with E-state index >= 15 is 0 Å². The molecule has 3 rings (SSSR count). The van der Waals surface area contributed by atoms with E-state index in [9.17, 15) is 4.79 Å². The van der Waals surface area contributed by atoms with Gasteiger partial charge < -0.3 is 10.1 Å². The van der Waals surface area contributed by atoms with Crippen LogP contribution in [0.15, 0.2) is 18.2 Å². The molecule has 1 spiro atoms. The van der Waals surface area contributed by atoms with Crippen LogP contribution in [0, 0.1) is 6.92 Å². The molecule has 1 aromatic rings. The molecule has 0 aliphatic carbocycles. The quantitative estimate of drug-likeness (QED) is 0.730. The predicted octanol–water partition coefficient (Wildman–Crippen LogP) is 2.86. The van der Waals surface area contributed by atoms with Gasteiger partial charge in [0.2, 0.25) is 0 Å². The lowest BCUT2D eigenvalue weighted by Gasteiger charge is -2.40. The van der Waals surface area contributed by atoms with E-state index in [0.29, 0.717) is 0 Å². The number of fused-ring (bicyclic) bond motifs is 1. The Balaban J connectivity index is 0.000000637. The first-order valence-electron chi connectivity index (χ1n) is 7.22. The summed E-state index contributed by atoms with van der Waals surface area (Å²) in [5, 5.41) is 3.31. The SMILES string of the molecule is CC.Cc1ccc2c(c1)C(=O)OC1(CCNCC1)C2. The summed E-state index contributed by atoms with van der Waals surface area (Å²) in [5.74, 6) is -0.142. The molecule has 104 valence electrons. The van der Waals surface area contributed by atoms with Crippen molar-refractivity contribution in [2.24, 2.45) is 0 Å². The number of carbonyl (C=O) groups is 1. The summed E-state index contributed by atoms with van der Waals surface area (Å²) in [5.41, 5.74) is 2.77. The van der Waals surface area contributed by atoms with Gasteiger partial charge in [0.15, 0.2) is 0 Å². The van der Waals surface area contributed by atoms with E-state index < -0.39 is 0 Å². The lowest BCUT2D eigenvalue weighted by atomic mass is 9.82. The van der Waals surface area contributed by atoms with E-state index in [1.165, 1.54) is 0 Å². The number of carbonyl (C=O) groups excluding carboxylic acids is 1. The average Bonchev–Trinajstić information content (AvgIpc) is 2.43. The Hall–Kier alpha value is -1.35. The van der Waals surface area contributed by atoms with Crippen molar-refractivity contribution in [3.63, 3.8) is 0 Å². The fourth-order valence-electron chi connectivity index (χ4n) is 2.83. The second kappa shape index (κ2) is 5.74. The van der Waals surface area contributed by atoms with Crippen molar-refractivity contribution in [1.29, 1.82) is 0 Å². The van der Waals surface area contributed by atoms with Gasteiger partial charge in [0.25, 0.3) is 0 Å². The van der Waals surface area contributed by atoms with Crippen molar-refractivity contribution in [3.05, 3.63) is 34.9 Å². The molecule has 1 saturated heterocycles. The van der Waals surface area contributed by atoms with Crippen molar-refractivity contribution in [1.82, 2.24) is 5.32 Å². The summed E-state index contributed by atoms with van der Waals surface area (Å²) in [6.07, 6.45) is 2.72. The molecule has 3 nitrogen and oxygen atoms in total. The molecule has 0 bridgehead atoms. The van der Waals surface area contributed by atoms with Crippen molar-refractivity contribution < 1.29 is 9.53 Å². The van der Waals surface area contributed by atoms with Gasteiger partial charge in [0.05, 0.1) is 5.56 Å². The van der Waals surface area contributed by atoms with E-state index in [0.717, 1.165) is 49.0 Å². The zero-order valence-corrected chi connectivity index (χ0v) is 12.1. The smallest absolute Gasteiger partial charge is 0.338 e. The molecule has 0 unspecified atom stereocenters. The summed E-state index contributed by atoms with van der Waals surface area (Å²) < 4.78 is 5.72. The maximum atomic E-state index is 12.1. The number of piperidine rings is 1. The largest absolute Gasteiger partial charge is 0.455 e. The summed E-state index contributed by atoms with van der Waals surface area (Å²) in [7, 11) is 0. The molecule has 1 aromatic carbocycles. The average molecular weight is 261 g/mol. The molecular weight excluding hydrogens is 238 g/mol. The monoisotopic (exact) mass is 261 g/mol. The Morgan fingerprint density at radius 1 is 1.21 bits per heavy atom. The number of ether oxygens (including phenoxy) is 1. The molecule has 0 amide bonds. The highest BCUT2D eigenvalue weighted by molar-refractivity contribution is 5.92. The predicted molar refractivity (Wildman–Crippen MR) is 76.5 cm³/mol. The number of aryl methyl sites for hydroxylation is 1. The van der Waals surface area contributed by atoms with E-state index in [4.69, 9.17) is 4.74 Å². The van der Waals surface area contributed by atoms with Crippen molar-refractivity contribution in [2.45, 2.75) is 45.6 Å². The van der Waals surface area contributed by atoms with Gasteiger partial charge in [0.1, 0.15) is 5.60 Å². The minimum Gasteiger partial charge on any atom is -0.455 e. The summed E-state index contributed by atoms with van der Waals surface area (Å²) in [4.78, 5) is 12.1. The molecule has 0 saturated carbocycles. The Labute approximate surface area is 115 Å². The van der Waals surface area contributed by atoms with Gasteiger partial charge in [-0.2, -0.15) is 0 Å². The number of hydrogen-bond donors (Lipinski definition) is 1. The molecule has 0 radical (unpaired) electrons. The minimum atomic E-state index is -0.245. The molecule has 2 aliphatic rings. The van der Waals surface area contributed by atoms with Crippen LogP contribution in [0.25, 0.3) is 0 Å². The first kappa shape index (κ1) is 14.1. The maximum Gasteiger partial charge on any atom is 0.338 e. The van der Waals surface area contributed by atoms with Gasteiger partial charge in [0, 0.05) is 19.3 Å². The van der Waals surface area contributed by atoms with Crippen LogP contribution in [0.2, 0.25) is 0 Å². The topological polar surface area (TPSA) is 38.3 Å². The van der Waals surface area contributed by atoms with Gasteiger partial charge >= 0.3 is 5.97 Å². The number of esters is 1. The number of nitrogens with one attached hydrogen (secondary N) is 1. The van der Waals surface area contributed by atoms with Crippen molar-refractivity contribution >= 4 is 5.97 Å². The third-order valence-corrected chi connectivity index (χ3v) is 3.82. The van der Waals surface area contributed by atoms with Crippen LogP contribution < -0.4 is 5.32 Å². The third kappa shape index (κ3) is 2.81. The van der Waals surface area contributed by atoms with Gasteiger partial charge in [-0.05, 0) is 31.6 Å². The second-order valence-corrected chi connectivity index (χ2v) is 5.16. The van der Waals surface area contributed by atoms with Gasteiger partial charge in [-0.25, -0.2) is 4.79 Å². The fourth-order valence-corrected chi connectivity index (χ4v) is 2.83. The molecule has 2 heterocycles. The van der Waals surface area contributed by atoms with Gasteiger partial charge in [-0.3, -0.25) is 0 Å². The Morgan fingerprint density at radius 3 is 2.58 bits per heavy atom. The van der Waals surface area contributed by atoms with Crippen LogP contribution in [0.5, 0.6) is 0 Å². The number of hydrogen-bond acceptors (Lipinski definition) is 3. The molecular formula is C16H23NO2. The third-order valence-electron chi connectivity index (χ3n) is 3.82. The highest BCUT2D eigenvalue weighted by Crippen LogP contribution is 2.34. The first-order chi connectivity index (χ1) is 9.19. The molecule has 19 heavy (non-hydrogen) atoms. The van der Waals surface area contributed by atoms with Crippen LogP contribution in [0.3, 0.4) is 0 Å². The van der Waals surface area contributed by atoms with Crippen LogP contribution in [-0.2, 0) is 11.2 Å². The highest BCUT2D eigenvalue weighted by atomic mass is 16.6. The van der Waals surface area contributed by atoms with Crippen LogP contribution >= 0.6 is 0 Å². The Morgan fingerprint density at radius 2 is 1.89 bits per heavy atom. The van der Waals surface area contributed by atoms with E-state index in [1.807, 2.05) is 26.8 Å². The van der Waals surface area contributed by atoms with E-state index in [2.05, 4.69) is 17.4 Å². The minimum absolute atomic E-state index is 0.142. The normalized spacial score (nSPS) is 20.1. The molecule has 2 aliphatic heterocycles. The zero-order valence-electron chi connectivity index (χ0n) is 12.1. The molecule has 3 heteroatoms. The fraction of sp³-hybridized carbons (Fsp3) is 0.562. The van der Waals surface area contributed by atoms with Gasteiger partial charge in [-0.1, -0.05) is 31.5 Å². The first-order valence-corrected chi connectivity index (χ1v) is 7.22. The van der Waals surface area contributed by atoms with Crippen LogP contribution in [0.4, 0.5) is 0 Å². The Bertz CT molecular complexity index is 462. The summed E-state index contributed by atoms with van der Waals surface area (Å²) in [6, 6.07) is 6.09. The molecule has 1 fully saturated rings. The zero-order chi connectivity index (χ0) is 13.9. The van der Waals surface area contributed by atoms with Crippen molar-refractivity contribution in [2.75, 3.05) is 13.1 Å². The standard InChI is InChI=1S/C14H17NO2.C2H6/c1-10-2-3-11-9-14(4-6-15-7-5-14)17-13(16)12(11)8-10;1-2/h2-3,8,15H,4-7,9H2,1H3;1-2H3. The van der Waals surface area contributed by atoms with Gasteiger partial charge in [-0.15, -0.1) is 0 Å². The Kier molecular flexibility index (Phi) is 4.25. The number of benzene rings is 1. The molecule has 0 aromatic heterocycles. The summed E-state index contributed by atoms with van der Waals surface area (Å²) in [6.45, 7) is 7.88. The molecule has 0 atom stereocenters. The highest BCUT2D eigenvalue weighted by Gasteiger charge is 2.40. The van der Waals surface area contributed by atoms with Crippen LogP contribution in [0.1, 0.15) is 48.2 Å². The lowest BCUT2D eigenvalue weighted by molar-refractivity contribution is -0.0398. The number of rotatable bonds is 0. The summed E-state index contributed by atoms with van der Waals surface area (Å²) >= 11 is 0. The van der Waals surface area contributed by atoms with Crippen LogP contribution in [-0.4, -0.2) is 24.7 Å². The maximum absolute atomic E-state index is 12.1. The second-order valence-electron chi connectivity index (χ2n) is 5.16. The van der Waals surface area contributed by atoms with Crippen molar-refractivity contribution in [3.8, 4) is 0 Å². The van der Waals surface area contributed by atoms with E-state index in [1.54, 1.807) is 0 Å².